The van der Waals surface area contributed by atoms with Crippen molar-refractivity contribution in [2.45, 2.75) is 31.7 Å². The van der Waals surface area contributed by atoms with Gasteiger partial charge in [-0.3, -0.25) is 9.59 Å². The van der Waals surface area contributed by atoms with Gasteiger partial charge in [0, 0.05) is 0 Å². The predicted octanol–water partition coefficient (Wildman–Crippen LogP) is -0.442. The van der Waals surface area contributed by atoms with Crippen molar-refractivity contribution in [1.82, 2.24) is 0 Å². The maximum atomic E-state index is 10.9. The molecular formula is C8H14N2O2. The third kappa shape index (κ3) is 2.04. The molecule has 0 spiro atoms. The molecule has 4 nitrogen and oxygen atoms in total. The number of rotatable bonds is 4. The van der Waals surface area contributed by atoms with E-state index in [1.54, 1.807) is 0 Å². The summed E-state index contributed by atoms with van der Waals surface area (Å²) in [6.07, 6.45) is 4.07. The van der Waals surface area contributed by atoms with E-state index in [1.165, 1.54) is 6.42 Å². The maximum Gasteiger partial charge on any atom is 0.286 e. The largest absolute Gasteiger partial charge is 0.363 e. The Kier molecular flexibility index (Phi) is 2.81. The highest BCUT2D eigenvalue weighted by Crippen LogP contribution is 2.30. The minimum atomic E-state index is -0.915. The van der Waals surface area contributed by atoms with Crippen molar-refractivity contribution in [3.8, 4) is 0 Å². The number of Topliss-reactive ketones (excluding diaryl/α,β-unsaturated/α-hetero) is 1. The minimum Gasteiger partial charge on any atom is -0.363 e. The summed E-state index contributed by atoms with van der Waals surface area (Å²) in [7, 11) is 0. The Morgan fingerprint density at radius 2 is 2.00 bits per heavy atom. The molecule has 0 radical (unpaired) electrons. The Morgan fingerprint density at radius 1 is 1.42 bits per heavy atom. The second-order valence-electron chi connectivity index (χ2n) is 3.37. The van der Waals surface area contributed by atoms with Gasteiger partial charge < -0.3 is 11.5 Å². The van der Waals surface area contributed by atoms with Gasteiger partial charge in [-0.05, 0) is 12.3 Å². The van der Waals surface area contributed by atoms with Crippen LogP contribution in [0.5, 0.6) is 0 Å². The molecule has 0 aromatic heterocycles. The molecule has 0 aliphatic heterocycles. The highest BCUT2D eigenvalue weighted by molar-refractivity contribution is 6.37. The van der Waals surface area contributed by atoms with Crippen molar-refractivity contribution in [3.63, 3.8) is 0 Å². The van der Waals surface area contributed by atoms with Gasteiger partial charge in [0.2, 0.25) is 5.78 Å². The van der Waals surface area contributed by atoms with Crippen molar-refractivity contribution >= 4 is 11.7 Å². The normalized spacial score (nSPS) is 19.8. The van der Waals surface area contributed by atoms with E-state index < -0.39 is 17.7 Å². The quantitative estimate of drug-likeness (QED) is 0.561. The molecule has 0 heterocycles. The van der Waals surface area contributed by atoms with Crippen LogP contribution in [0, 0.1) is 5.92 Å². The Balaban J connectivity index is 2.31. The summed E-state index contributed by atoms with van der Waals surface area (Å²) < 4.78 is 0. The van der Waals surface area contributed by atoms with Crippen LogP contribution in [0.1, 0.15) is 25.7 Å². The Bertz CT molecular complexity index is 199. The Labute approximate surface area is 71.3 Å². The van der Waals surface area contributed by atoms with Crippen molar-refractivity contribution < 1.29 is 9.59 Å². The van der Waals surface area contributed by atoms with E-state index in [1.807, 2.05) is 0 Å². The molecule has 1 fully saturated rings. The van der Waals surface area contributed by atoms with Crippen molar-refractivity contribution in [3.05, 3.63) is 0 Å². The molecule has 1 rings (SSSR count). The number of primary amides is 1. The summed E-state index contributed by atoms with van der Waals surface area (Å²) in [4.78, 5) is 21.3. The second kappa shape index (κ2) is 3.67. The molecule has 0 aromatic carbocycles. The second-order valence-corrected chi connectivity index (χ2v) is 3.37. The first-order valence-corrected chi connectivity index (χ1v) is 4.20. The van der Waals surface area contributed by atoms with Crippen molar-refractivity contribution in [2.75, 3.05) is 0 Å². The molecule has 0 saturated heterocycles. The van der Waals surface area contributed by atoms with E-state index >= 15 is 0 Å². The highest BCUT2D eigenvalue weighted by Gasteiger charge is 2.26. The summed E-state index contributed by atoms with van der Waals surface area (Å²) in [5.41, 5.74) is 10.3. The molecule has 1 aliphatic rings. The maximum absolute atomic E-state index is 10.9. The van der Waals surface area contributed by atoms with E-state index in [4.69, 9.17) is 11.5 Å². The summed E-state index contributed by atoms with van der Waals surface area (Å²) in [5, 5.41) is 0. The molecule has 0 bridgehead atoms. The lowest BCUT2D eigenvalue weighted by Crippen LogP contribution is -2.41. The third-order valence-electron chi connectivity index (χ3n) is 2.39. The summed E-state index contributed by atoms with van der Waals surface area (Å²) in [6, 6.07) is -0.673. The summed E-state index contributed by atoms with van der Waals surface area (Å²) in [6.45, 7) is 0. The molecule has 68 valence electrons. The van der Waals surface area contributed by atoms with E-state index in [0.717, 1.165) is 12.8 Å². The molecule has 4 N–H and O–H groups in total. The fraction of sp³-hybridized carbons (Fsp3) is 0.750. The molecule has 1 amide bonds. The Morgan fingerprint density at radius 3 is 2.33 bits per heavy atom. The van der Waals surface area contributed by atoms with Gasteiger partial charge in [-0.2, -0.15) is 0 Å². The van der Waals surface area contributed by atoms with Gasteiger partial charge in [-0.1, -0.05) is 19.3 Å². The van der Waals surface area contributed by atoms with Gasteiger partial charge in [-0.15, -0.1) is 0 Å². The lowest BCUT2D eigenvalue weighted by atomic mass is 9.80. The SMILES string of the molecule is NC(=O)C(=O)C(N)CC1CCC1. The fourth-order valence-corrected chi connectivity index (χ4v) is 1.38. The van der Waals surface area contributed by atoms with E-state index in [-0.39, 0.29) is 0 Å². The number of carbonyl (C=O) groups is 2. The molecule has 1 saturated carbocycles. The van der Waals surface area contributed by atoms with Crippen LogP contribution >= 0.6 is 0 Å². The topological polar surface area (TPSA) is 86.2 Å². The summed E-state index contributed by atoms with van der Waals surface area (Å²) in [5.74, 6) is -1.02. The van der Waals surface area contributed by atoms with Gasteiger partial charge in [-0.25, -0.2) is 0 Å². The minimum absolute atomic E-state index is 0.531. The standard InChI is InChI=1S/C8H14N2O2/c9-6(7(11)8(10)12)4-5-2-1-3-5/h5-6H,1-4,9H2,(H2,10,12). The monoisotopic (exact) mass is 170 g/mol. The molecule has 1 atom stereocenters. The zero-order chi connectivity index (χ0) is 9.14. The van der Waals surface area contributed by atoms with Gasteiger partial charge in [0.1, 0.15) is 0 Å². The highest BCUT2D eigenvalue weighted by atomic mass is 16.2. The third-order valence-corrected chi connectivity index (χ3v) is 2.39. The van der Waals surface area contributed by atoms with Gasteiger partial charge in [0.15, 0.2) is 0 Å². The summed E-state index contributed by atoms with van der Waals surface area (Å²) >= 11 is 0. The zero-order valence-corrected chi connectivity index (χ0v) is 6.95. The van der Waals surface area contributed by atoms with Crippen LogP contribution in [0.25, 0.3) is 0 Å². The molecule has 0 aromatic rings. The number of carbonyl (C=O) groups excluding carboxylic acids is 2. The Hall–Kier alpha value is -0.900. The molecule has 1 unspecified atom stereocenters. The van der Waals surface area contributed by atoms with Crippen LogP contribution in [-0.2, 0) is 9.59 Å². The number of hydrogen-bond donors (Lipinski definition) is 2. The van der Waals surface area contributed by atoms with Crippen molar-refractivity contribution in [2.24, 2.45) is 17.4 Å². The van der Waals surface area contributed by atoms with Crippen molar-refractivity contribution in [1.29, 1.82) is 0 Å². The lowest BCUT2D eigenvalue weighted by molar-refractivity contribution is -0.137. The number of amides is 1. The van der Waals surface area contributed by atoms with Gasteiger partial charge in [0.05, 0.1) is 6.04 Å². The average Bonchev–Trinajstić information content (AvgIpc) is 1.94. The van der Waals surface area contributed by atoms with Crippen LogP contribution < -0.4 is 11.5 Å². The molecule has 12 heavy (non-hydrogen) atoms. The van der Waals surface area contributed by atoms with Gasteiger partial charge in [0.25, 0.3) is 5.91 Å². The average molecular weight is 170 g/mol. The van der Waals surface area contributed by atoms with Gasteiger partial charge >= 0.3 is 0 Å². The first kappa shape index (κ1) is 9.19. The smallest absolute Gasteiger partial charge is 0.286 e. The van der Waals surface area contributed by atoms with Crippen LogP contribution in [-0.4, -0.2) is 17.7 Å². The lowest BCUT2D eigenvalue weighted by Gasteiger charge is -2.26. The zero-order valence-electron chi connectivity index (χ0n) is 6.95. The number of ketones is 1. The molecule has 1 aliphatic carbocycles. The first-order chi connectivity index (χ1) is 5.61. The number of nitrogens with two attached hydrogens (primary N) is 2. The predicted molar refractivity (Wildman–Crippen MR) is 44.1 cm³/mol. The number of hydrogen-bond acceptors (Lipinski definition) is 3. The fourth-order valence-electron chi connectivity index (χ4n) is 1.38. The van der Waals surface area contributed by atoms with E-state index in [2.05, 4.69) is 0 Å². The van der Waals surface area contributed by atoms with E-state index in [0.29, 0.717) is 12.3 Å². The van der Waals surface area contributed by atoms with Crippen LogP contribution in [0.15, 0.2) is 0 Å². The van der Waals surface area contributed by atoms with Crippen LogP contribution in [0.2, 0.25) is 0 Å². The molecule has 4 heteroatoms. The van der Waals surface area contributed by atoms with E-state index in [9.17, 15) is 9.59 Å². The molecular weight excluding hydrogens is 156 g/mol. The van der Waals surface area contributed by atoms with Crippen LogP contribution in [0.3, 0.4) is 0 Å². The van der Waals surface area contributed by atoms with Crippen LogP contribution in [0.4, 0.5) is 0 Å². The first-order valence-electron chi connectivity index (χ1n) is 4.20.